The molecule has 2 amide bonds. The average molecular weight is 327 g/mol. The van der Waals surface area contributed by atoms with Crippen molar-refractivity contribution in [1.82, 2.24) is 20.4 Å². The van der Waals surface area contributed by atoms with E-state index in [0.717, 1.165) is 5.96 Å². The van der Waals surface area contributed by atoms with Crippen molar-refractivity contribution in [3.8, 4) is 0 Å². The van der Waals surface area contributed by atoms with Crippen molar-refractivity contribution in [3.63, 3.8) is 0 Å². The number of nitrogens with one attached hydrogen (secondary N) is 2. The van der Waals surface area contributed by atoms with Gasteiger partial charge in [-0.15, -0.1) is 0 Å². The van der Waals surface area contributed by atoms with Gasteiger partial charge in [0.15, 0.2) is 5.96 Å². The Kier molecular flexibility index (Phi) is 8.21. The summed E-state index contributed by atoms with van der Waals surface area (Å²) in [5.41, 5.74) is 0. The summed E-state index contributed by atoms with van der Waals surface area (Å²) >= 11 is 0. The summed E-state index contributed by atoms with van der Waals surface area (Å²) < 4.78 is 5.01. The largest absolute Gasteiger partial charge is 0.450 e. The van der Waals surface area contributed by atoms with E-state index in [1.807, 2.05) is 13.8 Å². The molecule has 8 heteroatoms. The Hall–Kier alpha value is -1.99. The first kappa shape index (κ1) is 19.1. The molecule has 1 rings (SSSR count). The quantitative estimate of drug-likeness (QED) is 0.425. The smallest absolute Gasteiger partial charge is 0.409 e. The maximum absolute atomic E-state index is 11.7. The summed E-state index contributed by atoms with van der Waals surface area (Å²) in [7, 11) is 1.73. The molecule has 0 radical (unpaired) electrons. The number of rotatable bonds is 5. The van der Waals surface area contributed by atoms with Crippen LogP contribution in [-0.4, -0.2) is 80.7 Å². The van der Waals surface area contributed by atoms with E-state index in [1.165, 1.54) is 0 Å². The second-order valence-corrected chi connectivity index (χ2v) is 5.59. The third-order valence-electron chi connectivity index (χ3n) is 3.55. The Morgan fingerprint density at radius 3 is 2.17 bits per heavy atom. The van der Waals surface area contributed by atoms with Gasteiger partial charge in [-0.3, -0.25) is 9.79 Å². The summed E-state index contributed by atoms with van der Waals surface area (Å²) in [6.07, 6.45) is -0.258. The highest BCUT2D eigenvalue weighted by Crippen LogP contribution is 2.04. The number of carbonyl (C=O) groups is 2. The molecule has 0 spiro atoms. The van der Waals surface area contributed by atoms with Crippen molar-refractivity contribution in [2.75, 3.05) is 52.9 Å². The highest BCUT2D eigenvalue weighted by Gasteiger charge is 2.23. The van der Waals surface area contributed by atoms with Gasteiger partial charge in [0.05, 0.1) is 6.61 Å². The van der Waals surface area contributed by atoms with Crippen LogP contribution in [0.2, 0.25) is 0 Å². The van der Waals surface area contributed by atoms with Crippen LogP contribution in [0.15, 0.2) is 4.99 Å². The highest BCUT2D eigenvalue weighted by molar-refractivity contribution is 5.80. The van der Waals surface area contributed by atoms with Crippen LogP contribution in [0, 0.1) is 5.92 Å². The van der Waals surface area contributed by atoms with Crippen molar-refractivity contribution in [2.45, 2.75) is 20.8 Å². The molecule has 1 heterocycles. The standard InChI is InChI=1S/C15H29N5O3/c1-5-23-15(22)20-10-8-19(9-11-20)14(16-4)18-7-6-17-13(21)12(2)3/h12H,5-11H2,1-4H3,(H,16,18)(H,17,21). The zero-order valence-corrected chi connectivity index (χ0v) is 14.6. The summed E-state index contributed by atoms with van der Waals surface area (Å²) in [6, 6.07) is 0. The molecule has 0 aromatic heterocycles. The van der Waals surface area contributed by atoms with Gasteiger partial charge >= 0.3 is 6.09 Å². The molecule has 132 valence electrons. The first-order chi connectivity index (χ1) is 11.0. The van der Waals surface area contributed by atoms with E-state index in [-0.39, 0.29) is 17.9 Å². The molecule has 0 aromatic rings. The van der Waals surface area contributed by atoms with Crippen LogP contribution in [0.5, 0.6) is 0 Å². The SMILES string of the molecule is CCOC(=O)N1CCN(C(=NC)NCCNC(=O)C(C)C)CC1. The average Bonchev–Trinajstić information content (AvgIpc) is 2.55. The van der Waals surface area contributed by atoms with E-state index in [1.54, 1.807) is 18.9 Å². The number of amides is 2. The molecular weight excluding hydrogens is 298 g/mol. The van der Waals surface area contributed by atoms with Crippen molar-refractivity contribution >= 4 is 18.0 Å². The van der Waals surface area contributed by atoms with Gasteiger partial charge < -0.3 is 25.2 Å². The van der Waals surface area contributed by atoms with E-state index in [4.69, 9.17) is 4.74 Å². The second kappa shape index (κ2) is 9.91. The topological polar surface area (TPSA) is 86.3 Å². The molecule has 1 aliphatic rings. The minimum Gasteiger partial charge on any atom is -0.450 e. The molecule has 1 aliphatic heterocycles. The van der Waals surface area contributed by atoms with Gasteiger partial charge in [-0.25, -0.2) is 4.79 Å². The number of ether oxygens (including phenoxy) is 1. The Bertz CT molecular complexity index is 417. The summed E-state index contributed by atoms with van der Waals surface area (Å²) in [5, 5.41) is 6.09. The van der Waals surface area contributed by atoms with Gasteiger partial charge in [-0.1, -0.05) is 13.8 Å². The predicted molar refractivity (Wildman–Crippen MR) is 89.4 cm³/mol. The van der Waals surface area contributed by atoms with Gasteiger partial charge in [0.2, 0.25) is 5.91 Å². The Balaban J connectivity index is 2.31. The van der Waals surface area contributed by atoms with Crippen LogP contribution < -0.4 is 10.6 Å². The fourth-order valence-electron chi connectivity index (χ4n) is 2.21. The van der Waals surface area contributed by atoms with Crippen LogP contribution in [0.1, 0.15) is 20.8 Å². The molecule has 0 atom stereocenters. The molecule has 0 aliphatic carbocycles. The highest BCUT2D eigenvalue weighted by atomic mass is 16.6. The van der Waals surface area contributed by atoms with Crippen LogP contribution in [0.4, 0.5) is 4.79 Å². The van der Waals surface area contributed by atoms with Gasteiger partial charge in [-0.05, 0) is 6.92 Å². The Morgan fingerprint density at radius 2 is 1.65 bits per heavy atom. The van der Waals surface area contributed by atoms with Crippen LogP contribution in [0.3, 0.4) is 0 Å². The van der Waals surface area contributed by atoms with Gasteiger partial charge in [0.1, 0.15) is 0 Å². The van der Waals surface area contributed by atoms with Crippen LogP contribution >= 0.6 is 0 Å². The van der Waals surface area contributed by atoms with E-state index in [0.29, 0.717) is 45.9 Å². The van der Waals surface area contributed by atoms with E-state index in [2.05, 4.69) is 20.5 Å². The number of carbonyl (C=O) groups excluding carboxylic acids is 2. The lowest BCUT2D eigenvalue weighted by Gasteiger charge is -2.35. The molecular formula is C15H29N5O3. The Morgan fingerprint density at radius 1 is 1.09 bits per heavy atom. The summed E-state index contributed by atoms with van der Waals surface area (Å²) in [4.78, 5) is 31.2. The zero-order valence-electron chi connectivity index (χ0n) is 14.6. The molecule has 1 fully saturated rings. The first-order valence-corrected chi connectivity index (χ1v) is 8.14. The summed E-state index contributed by atoms with van der Waals surface area (Å²) in [6.45, 7) is 9.74. The van der Waals surface area contributed by atoms with Gasteiger partial charge in [0.25, 0.3) is 0 Å². The van der Waals surface area contributed by atoms with Crippen molar-refractivity contribution in [3.05, 3.63) is 0 Å². The van der Waals surface area contributed by atoms with E-state index < -0.39 is 0 Å². The molecule has 0 unspecified atom stereocenters. The van der Waals surface area contributed by atoms with Crippen molar-refractivity contribution < 1.29 is 14.3 Å². The molecule has 0 saturated carbocycles. The molecule has 0 bridgehead atoms. The first-order valence-electron chi connectivity index (χ1n) is 8.14. The monoisotopic (exact) mass is 327 g/mol. The molecule has 23 heavy (non-hydrogen) atoms. The third kappa shape index (κ3) is 6.33. The lowest BCUT2D eigenvalue weighted by molar-refractivity contribution is -0.123. The maximum Gasteiger partial charge on any atom is 0.409 e. The van der Waals surface area contributed by atoms with E-state index >= 15 is 0 Å². The fraction of sp³-hybridized carbons (Fsp3) is 0.800. The van der Waals surface area contributed by atoms with Gasteiger partial charge in [-0.2, -0.15) is 0 Å². The van der Waals surface area contributed by atoms with Gasteiger partial charge in [0, 0.05) is 52.2 Å². The molecule has 0 aromatic carbocycles. The molecule has 2 N–H and O–H groups in total. The number of aliphatic imine (C=N–C) groups is 1. The Labute approximate surface area is 138 Å². The lowest BCUT2D eigenvalue weighted by atomic mass is 10.2. The normalized spacial score (nSPS) is 15.6. The third-order valence-corrected chi connectivity index (χ3v) is 3.55. The molecule has 1 saturated heterocycles. The van der Waals surface area contributed by atoms with Crippen LogP contribution in [-0.2, 0) is 9.53 Å². The summed E-state index contributed by atoms with van der Waals surface area (Å²) in [5.74, 6) is 0.822. The minimum atomic E-state index is -0.258. The van der Waals surface area contributed by atoms with Crippen LogP contribution in [0.25, 0.3) is 0 Å². The van der Waals surface area contributed by atoms with E-state index in [9.17, 15) is 9.59 Å². The lowest BCUT2D eigenvalue weighted by Crippen LogP contribution is -2.54. The minimum absolute atomic E-state index is 0.00901. The number of guanidine groups is 1. The predicted octanol–water partition coefficient (Wildman–Crippen LogP) is 0.108. The van der Waals surface area contributed by atoms with Crippen molar-refractivity contribution in [1.29, 1.82) is 0 Å². The number of nitrogens with zero attached hydrogens (tertiary/aromatic N) is 3. The number of piperazine rings is 1. The zero-order chi connectivity index (χ0) is 17.2. The maximum atomic E-state index is 11.7. The molecule has 8 nitrogen and oxygen atoms in total. The number of hydrogen-bond acceptors (Lipinski definition) is 4. The van der Waals surface area contributed by atoms with Crippen molar-refractivity contribution in [2.24, 2.45) is 10.9 Å². The number of hydrogen-bond donors (Lipinski definition) is 2. The fourth-order valence-corrected chi connectivity index (χ4v) is 2.21. The second-order valence-electron chi connectivity index (χ2n) is 5.59.